The highest BCUT2D eigenvalue weighted by molar-refractivity contribution is 5.95. The first-order chi connectivity index (χ1) is 11.9. The van der Waals surface area contributed by atoms with Gasteiger partial charge in [0, 0.05) is 24.9 Å². The Labute approximate surface area is 145 Å². The Balaban J connectivity index is 2.53. The van der Waals surface area contributed by atoms with Crippen LogP contribution in [0.5, 0.6) is 0 Å². The summed E-state index contributed by atoms with van der Waals surface area (Å²) >= 11 is 0. The summed E-state index contributed by atoms with van der Waals surface area (Å²) < 4.78 is 5.17. The molecule has 2 rings (SSSR count). The third kappa shape index (κ3) is 3.78. The minimum atomic E-state index is -0.704. The Morgan fingerprint density at radius 3 is 2.48 bits per heavy atom. The van der Waals surface area contributed by atoms with Crippen LogP contribution in [0.4, 0.5) is 10.5 Å². The van der Waals surface area contributed by atoms with E-state index in [0.717, 1.165) is 6.42 Å². The van der Waals surface area contributed by atoms with Crippen LogP contribution in [0, 0.1) is 10.1 Å². The number of nitro benzene ring substituents is 1. The Morgan fingerprint density at radius 2 is 1.96 bits per heavy atom. The molecule has 0 bridgehead atoms. The van der Waals surface area contributed by atoms with Crippen molar-refractivity contribution >= 4 is 17.7 Å². The summed E-state index contributed by atoms with van der Waals surface area (Å²) in [4.78, 5) is 36.6. The first kappa shape index (κ1) is 18.4. The fourth-order valence-corrected chi connectivity index (χ4v) is 2.78. The van der Waals surface area contributed by atoms with Gasteiger partial charge in [-0.1, -0.05) is 13.3 Å². The predicted molar refractivity (Wildman–Crippen MR) is 90.7 cm³/mol. The summed E-state index contributed by atoms with van der Waals surface area (Å²) in [6.45, 7) is 3.88. The second kappa shape index (κ2) is 7.78. The van der Waals surface area contributed by atoms with Gasteiger partial charge in [0.25, 0.3) is 5.69 Å². The molecule has 0 saturated heterocycles. The number of urea groups is 1. The minimum Gasteiger partial charge on any atom is -0.463 e. The third-order valence-corrected chi connectivity index (χ3v) is 4.00. The first-order valence-corrected chi connectivity index (χ1v) is 8.09. The van der Waals surface area contributed by atoms with Gasteiger partial charge in [-0.3, -0.25) is 10.1 Å². The molecule has 0 spiro atoms. The van der Waals surface area contributed by atoms with Gasteiger partial charge in [0.1, 0.15) is 0 Å². The number of benzene rings is 1. The number of ether oxygens (including phenoxy) is 1. The molecule has 0 saturated carbocycles. The van der Waals surface area contributed by atoms with Gasteiger partial charge < -0.3 is 15.0 Å². The summed E-state index contributed by atoms with van der Waals surface area (Å²) in [5, 5.41) is 13.6. The average molecular weight is 347 g/mol. The van der Waals surface area contributed by atoms with Crippen molar-refractivity contribution in [1.82, 2.24) is 10.2 Å². The van der Waals surface area contributed by atoms with E-state index in [1.807, 2.05) is 6.92 Å². The van der Waals surface area contributed by atoms with Crippen molar-refractivity contribution in [3.8, 4) is 0 Å². The zero-order valence-corrected chi connectivity index (χ0v) is 14.4. The van der Waals surface area contributed by atoms with Crippen LogP contribution < -0.4 is 5.32 Å². The lowest BCUT2D eigenvalue weighted by atomic mass is 9.93. The van der Waals surface area contributed by atoms with Gasteiger partial charge in [0.2, 0.25) is 0 Å². The Kier molecular flexibility index (Phi) is 5.74. The lowest BCUT2D eigenvalue weighted by Gasteiger charge is -2.34. The third-order valence-electron chi connectivity index (χ3n) is 4.00. The van der Waals surface area contributed by atoms with Crippen LogP contribution in [0.2, 0.25) is 0 Å². The molecule has 1 aliphatic heterocycles. The molecule has 0 aromatic heterocycles. The fourth-order valence-electron chi connectivity index (χ4n) is 2.78. The largest absolute Gasteiger partial charge is 0.463 e. The number of allylic oxidation sites excluding steroid dienone is 1. The van der Waals surface area contributed by atoms with Crippen molar-refractivity contribution in [3.63, 3.8) is 0 Å². The van der Waals surface area contributed by atoms with Crippen molar-refractivity contribution < 1.29 is 19.2 Å². The van der Waals surface area contributed by atoms with Crippen LogP contribution in [-0.4, -0.2) is 35.5 Å². The molecule has 25 heavy (non-hydrogen) atoms. The van der Waals surface area contributed by atoms with Crippen molar-refractivity contribution in [3.05, 3.63) is 51.2 Å². The number of carbonyl (C=O) groups is 2. The first-order valence-electron chi connectivity index (χ1n) is 8.09. The fraction of sp³-hybridized carbons (Fsp3) is 0.412. The molecule has 1 heterocycles. The zero-order chi connectivity index (χ0) is 18.6. The van der Waals surface area contributed by atoms with E-state index in [1.54, 1.807) is 14.0 Å². The highest BCUT2D eigenvalue weighted by Gasteiger charge is 2.36. The molecule has 2 amide bonds. The minimum absolute atomic E-state index is 0.0570. The zero-order valence-electron chi connectivity index (χ0n) is 14.4. The van der Waals surface area contributed by atoms with E-state index < -0.39 is 16.9 Å². The Hall–Kier alpha value is -2.90. The highest BCUT2D eigenvalue weighted by Crippen LogP contribution is 2.33. The van der Waals surface area contributed by atoms with Crippen LogP contribution >= 0.6 is 0 Å². The smallest absolute Gasteiger partial charge is 0.338 e. The molecule has 0 radical (unpaired) electrons. The van der Waals surface area contributed by atoms with Crippen LogP contribution in [-0.2, 0) is 9.53 Å². The SMILES string of the molecule is CCCC1=C(C(=O)OCC)[C@@H](c2ccc([N+](=O)[O-])cc2)NC(=O)N1C. The van der Waals surface area contributed by atoms with Gasteiger partial charge in [-0.15, -0.1) is 0 Å². The van der Waals surface area contributed by atoms with Crippen LogP contribution in [0.1, 0.15) is 38.3 Å². The van der Waals surface area contributed by atoms with E-state index in [1.165, 1.54) is 29.2 Å². The molecule has 1 aliphatic rings. The number of non-ortho nitro benzene ring substituents is 1. The van der Waals surface area contributed by atoms with Crippen molar-refractivity contribution in [2.45, 2.75) is 32.7 Å². The summed E-state index contributed by atoms with van der Waals surface area (Å²) in [6, 6.07) is 4.74. The molecule has 8 heteroatoms. The molecular formula is C17H21N3O5. The van der Waals surface area contributed by atoms with E-state index in [2.05, 4.69) is 5.32 Å². The van der Waals surface area contributed by atoms with Gasteiger partial charge >= 0.3 is 12.0 Å². The predicted octanol–water partition coefficient (Wildman–Crippen LogP) is 2.91. The van der Waals surface area contributed by atoms with E-state index in [0.29, 0.717) is 23.3 Å². The number of rotatable bonds is 6. The highest BCUT2D eigenvalue weighted by atomic mass is 16.6. The molecule has 1 atom stereocenters. The molecular weight excluding hydrogens is 326 g/mol. The number of hydrogen-bond acceptors (Lipinski definition) is 5. The topological polar surface area (TPSA) is 102 Å². The Bertz CT molecular complexity index is 711. The van der Waals surface area contributed by atoms with Gasteiger partial charge in [0.15, 0.2) is 0 Å². The van der Waals surface area contributed by atoms with E-state index in [9.17, 15) is 19.7 Å². The van der Waals surface area contributed by atoms with Crippen LogP contribution in [0.3, 0.4) is 0 Å². The maximum absolute atomic E-state index is 12.5. The lowest BCUT2D eigenvalue weighted by Crippen LogP contribution is -2.46. The van der Waals surface area contributed by atoms with E-state index in [-0.39, 0.29) is 18.3 Å². The summed E-state index contributed by atoms with van der Waals surface area (Å²) in [6.07, 6.45) is 1.30. The second-order valence-electron chi connectivity index (χ2n) is 5.62. The lowest BCUT2D eigenvalue weighted by molar-refractivity contribution is -0.384. The number of nitrogens with one attached hydrogen (secondary N) is 1. The summed E-state index contributed by atoms with van der Waals surface area (Å²) in [5.41, 5.74) is 1.50. The van der Waals surface area contributed by atoms with Crippen LogP contribution in [0.15, 0.2) is 35.5 Å². The van der Waals surface area contributed by atoms with Crippen molar-refractivity contribution in [2.75, 3.05) is 13.7 Å². The van der Waals surface area contributed by atoms with Gasteiger partial charge in [-0.2, -0.15) is 0 Å². The molecule has 134 valence electrons. The molecule has 1 aromatic carbocycles. The number of carbonyl (C=O) groups excluding carboxylic acids is 2. The van der Waals surface area contributed by atoms with Gasteiger partial charge in [-0.25, -0.2) is 9.59 Å². The molecule has 8 nitrogen and oxygen atoms in total. The summed E-state index contributed by atoms with van der Waals surface area (Å²) in [5.74, 6) is -0.499. The van der Waals surface area contributed by atoms with Crippen molar-refractivity contribution in [2.24, 2.45) is 0 Å². The van der Waals surface area contributed by atoms with E-state index in [4.69, 9.17) is 4.74 Å². The van der Waals surface area contributed by atoms with Gasteiger partial charge in [0.05, 0.1) is 23.1 Å². The maximum Gasteiger partial charge on any atom is 0.338 e. The number of esters is 1. The second-order valence-corrected chi connectivity index (χ2v) is 5.62. The average Bonchev–Trinajstić information content (AvgIpc) is 2.59. The number of nitro groups is 1. The molecule has 0 aliphatic carbocycles. The quantitative estimate of drug-likeness (QED) is 0.484. The monoisotopic (exact) mass is 347 g/mol. The van der Waals surface area contributed by atoms with Crippen LogP contribution in [0.25, 0.3) is 0 Å². The number of nitrogens with zero attached hydrogens (tertiary/aromatic N) is 2. The molecule has 1 aromatic rings. The number of hydrogen-bond donors (Lipinski definition) is 1. The summed E-state index contributed by atoms with van der Waals surface area (Å²) in [7, 11) is 1.60. The van der Waals surface area contributed by atoms with E-state index >= 15 is 0 Å². The number of amides is 2. The molecule has 0 fully saturated rings. The standard InChI is InChI=1S/C17H21N3O5/c1-4-6-13-14(16(21)25-5-2)15(18-17(22)19(13)3)11-7-9-12(10-8-11)20(23)24/h7-10,15H,4-6H2,1-3H3,(H,18,22)/t15-/m1/s1. The molecule has 0 unspecified atom stereocenters. The Morgan fingerprint density at radius 1 is 1.32 bits per heavy atom. The van der Waals surface area contributed by atoms with Crippen molar-refractivity contribution in [1.29, 1.82) is 0 Å². The maximum atomic E-state index is 12.5. The van der Waals surface area contributed by atoms with Gasteiger partial charge in [-0.05, 0) is 31.0 Å². The molecule has 1 N–H and O–H groups in total. The normalized spacial score (nSPS) is 17.3.